The molecule has 26 heavy (non-hydrogen) atoms. The van der Waals surface area contributed by atoms with Crippen LogP contribution in [0.1, 0.15) is 38.2 Å². The summed E-state index contributed by atoms with van der Waals surface area (Å²) in [5.74, 6) is -1.14. The molecule has 0 aromatic heterocycles. The second-order valence-corrected chi connectivity index (χ2v) is 7.32. The third-order valence-corrected chi connectivity index (χ3v) is 5.69. The van der Waals surface area contributed by atoms with Crippen molar-refractivity contribution in [3.05, 3.63) is 48.0 Å². The number of amides is 4. The minimum absolute atomic E-state index is 0.127. The van der Waals surface area contributed by atoms with Crippen LogP contribution in [0.25, 0.3) is 10.8 Å². The molecule has 1 aliphatic carbocycles. The average Bonchev–Trinajstić information content (AvgIpc) is 2.86. The molecule has 0 spiro atoms. The minimum atomic E-state index is -0.708. The molecule has 0 unspecified atom stereocenters. The lowest BCUT2D eigenvalue weighted by Gasteiger charge is -2.34. The fourth-order valence-electron chi connectivity index (χ4n) is 4.24. The van der Waals surface area contributed by atoms with Gasteiger partial charge >= 0.3 is 17.8 Å². The smallest absolute Gasteiger partial charge is 0.263 e. The van der Waals surface area contributed by atoms with E-state index in [-0.39, 0.29) is 18.5 Å². The molecule has 4 rings (SSSR count). The topological polar surface area (TPSA) is 57.7 Å². The lowest BCUT2D eigenvalue weighted by atomic mass is 9.85. The Kier molecular flexibility index (Phi) is 4.23. The van der Waals surface area contributed by atoms with Crippen LogP contribution in [-0.4, -0.2) is 33.7 Å². The Bertz CT molecular complexity index is 886. The maximum atomic E-state index is 12.9. The third-order valence-electron chi connectivity index (χ3n) is 5.69. The van der Waals surface area contributed by atoms with Crippen molar-refractivity contribution in [1.29, 1.82) is 0 Å². The maximum absolute atomic E-state index is 12.9. The summed E-state index contributed by atoms with van der Waals surface area (Å²) in [5, 5.41) is 2.04. The van der Waals surface area contributed by atoms with Crippen LogP contribution in [0.4, 0.5) is 4.79 Å². The average molecular weight is 350 g/mol. The van der Waals surface area contributed by atoms with Gasteiger partial charge in [-0.25, -0.2) is 4.79 Å². The summed E-state index contributed by atoms with van der Waals surface area (Å²) in [7, 11) is 0. The van der Waals surface area contributed by atoms with Crippen LogP contribution in [0.15, 0.2) is 42.5 Å². The van der Waals surface area contributed by atoms with Crippen LogP contribution in [0.2, 0.25) is 0 Å². The zero-order valence-electron chi connectivity index (χ0n) is 14.9. The molecule has 4 amide bonds. The monoisotopic (exact) mass is 350 g/mol. The van der Waals surface area contributed by atoms with Gasteiger partial charge in [-0.1, -0.05) is 62.2 Å². The number of benzene rings is 2. The number of imide groups is 2. The number of hydrogen-bond donors (Lipinski definition) is 0. The minimum Gasteiger partial charge on any atom is -0.263 e. The Balaban J connectivity index is 1.64. The van der Waals surface area contributed by atoms with Gasteiger partial charge < -0.3 is 0 Å². The fraction of sp³-hybridized carbons (Fsp3) is 0.381. The summed E-state index contributed by atoms with van der Waals surface area (Å²) < 4.78 is 0. The standard InChI is InChI=1S/C21H22N2O3/c1-14-7-2-5-12-18(14)23-20(25)19(24)22(21(23)26)13-16-10-6-9-15-8-3-4-11-17(15)16/h3-4,6,8-11,14,18H,2,5,7,12-13H2,1H3/t14-,18+/m0/s1. The van der Waals surface area contributed by atoms with Gasteiger partial charge in [0, 0.05) is 6.04 Å². The number of carbonyl (C=O) groups is 3. The highest BCUT2D eigenvalue weighted by Crippen LogP contribution is 2.32. The van der Waals surface area contributed by atoms with Crippen LogP contribution < -0.4 is 0 Å². The van der Waals surface area contributed by atoms with Crippen molar-refractivity contribution in [2.45, 2.75) is 45.2 Å². The summed E-state index contributed by atoms with van der Waals surface area (Å²) in [4.78, 5) is 40.3. The van der Waals surface area contributed by atoms with Gasteiger partial charge in [0.15, 0.2) is 0 Å². The second kappa shape index (κ2) is 6.56. The zero-order valence-corrected chi connectivity index (χ0v) is 14.9. The molecule has 0 bridgehead atoms. The number of fused-ring (bicyclic) bond motifs is 1. The Hall–Kier alpha value is -2.69. The van der Waals surface area contributed by atoms with E-state index >= 15 is 0 Å². The number of urea groups is 1. The molecule has 2 aliphatic rings. The van der Waals surface area contributed by atoms with Gasteiger partial charge in [-0.3, -0.25) is 19.4 Å². The van der Waals surface area contributed by atoms with Crippen LogP contribution in [0.5, 0.6) is 0 Å². The molecule has 2 fully saturated rings. The fourth-order valence-corrected chi connectivity index (χ4v) is 4.24. The Morgan fingerprint density at radius 1 is 0.923 bits per heavy atom. The molecular weight excluding hydrogens is 328 g/mol. The van der Waals surface area contributed by atoms with Gasteiger partial charge in [0.2, 0.25) is 0 Å². The van der Waals surface area contributed by atoms with Gasteiger partial charge in [0.05, 0.1) is 6.54 Å². The van der Waals surface area contributed by atoms with Gasteiger partial charge in [-0.05, 0) is 35.1 Å². The van der Waals surface area contributed by atoms with Gasteiger partial charge in [-0.2, -0.15) is 0 Å². The third kappa shape index (κ3) is 2.68. The summed E-state index contributed by atoms with van der Waals surface area (Å²) in [6.07, 6.45) is 3.87. The van der Waals surface area contributed by atoms with Crippen molar-refractivity contribution in [3.63, 3.8) is 0 Å². The van der Waals surface area contributed by atoms with Crippen LogP contribution in [0.3, 0.4) is 0 Å². The van der Waals surface area contributed by atoms with Gasteiger partial charge in [0.1, 0.15) is 0 Å². The summed E-state index contributed by atoms with van der Waals surface area (Å²) in [6.45, 7) is 2.19. The molecular formula is C21H22N2O3. The second-order valence-electron chi connectivity index (χ2n) is 7.32. The normalized spacial score (nSPS) is 24.0. The highest BCUT2D eigenvalue weighted by atomic mass is 16.2. The Morgan fingerprint density at radius 3 is 2.46 bits per heavy atom. The number of rotatable bonds is 3. The maximum Gasteiger partial charge on any atom is 0.334 e. The van der Waals surface area contributed by atoms with E-state index in [1.54, 1.807) is 0 Å². The van der Waals surface area contributed by atoms with Crippen LogP contribution in [0, 0.1) is 5.92 Å². The lowest BCUT2D eigenvalue weighted by molar-refractivity contribution is -0.144. The first-order valence-corrected chi connectivity index (χ1v) is 9.23. The van der Waals surface area contributed by atoms with E-state index in [9.17, 15) is 14.4 Å². The van der Waals surface area contributed by atoms with Crippen molar-refractivity contribution in [2.24, 2.45) is 5.92 Å². The molecule has 1 aliphatic heterocycles. The van der Waals surface area contributed by atoms with Gasteiger partial charge in [-0.15, -0.1) is 0 Å². The highest BCUT2D eigenvalue weighted by Gasteiger charge is 2.49. The van der Waals surface area contributed by atoms with Crippen molar-refractivity contribution >= 4 is 28.6 Å². The largest absolute Gasteiger partial charge is 0.334 e. The molecule has 2 atom stereocenters. The number of nitrogens with zero attached hydrogens (tertiary/aromatic N) is 2. The van der Waals surface area contributed by atoms with E-state index in [2.05, 4.69) is 6.92 Å². The zero-order chi connectivity index (χ0) is 18.3. The predicted octanol–water partition coefficient (Wildman–Crippen LogP) is 3.71. The molecule has 0 N–H and O–H groups in total. The molecule has 5 heteroatoms. The summed E-state index contributed by atoms with van der Waals surface area (Å²) in [5.41, 5.74) is 0.871. The van der Waals surface area contributed by atoms with Crippen molar-refractivity contribution in [1.82, 2.24) is 9.80 Å². The summed E-state index contributed by atoms with van der Waals surface area (Å²) >= 11 is 0. The molecule has 2 aromatic rings. The number of carbonyl (C=O) groups excluding carboxylic acids is 3. The molecule has 1 saturated heterocycles. The molecule has 1 saturated carbocycles. The van der Waals surface area contributed by atoms with E-state index in [0.29, 0.717) is 0 Å². The van der Waals surface area contributed by atoms with E-state index in [1.807, 2.05) is 42.5 Å². The first kappa shape index (κ1) is 16.8. The molecule has 2 aromatic carbocycles. The first-order valence-electron chi connectivity index (χ1n) is 9.23. The van der Waals surface area contributed by atoms with Crippen LogP contribution >= 0.6 is 0 Å². The molecule has 134 valence electrons. The molecule has 5 nitrogen and oxygen atoms in total. The Labute approximate surface area is 152 Å². The van der Waals surface area contributed by atoms with Crippen molar-refractivity contribution < 1.29 is 14.4 Å². The van der Waals surface area contributed by atoms with E-state index in [1.165, 1.54) is 4.90 Å². The predicted molar refractivity (Wildman–Crippen MR) is 98.2 cm³/mol. The Morgan fingerprint density at radius 2 is 1.65 bits per heavy atom. The van der Waals surface area contributed by atoms with Crippen molar-refractivity contribution in [2.75, 3.05) is 0 Å². The van der Waals surface area contributed by atoms with Gasteiger partial charge in [0.25, 0.3) is 0 Å². The molecule has 1 heterocycles. The quantitative estimate of drug-likeness (QED) is 0.626. The van der Waals surface area contributed by atoms with E-state index in [4.69, 9.17) is 0 Å². The summed E-state index contributed by atoms with van der Waals surface area (Å²) in [6, 6.07) is 13.0. The highest BCUT2D eigenvalue weighted by molar-refractivity contribution is 6.44. The van der Waals surface area contributed by atoms with Crippen LogP contribution in [-0.2, 0) is 16.1 Å². The number of hydrogen-bond acceptors (Lipinski definition) is 3. The SMILES string of the molecule is C[C@H]1CCCC[C@H]1N1C(=O)C(=O)N(Cc2cccc3ccccc23)C1=O. The van der Waals surface area contributed by atoms with E-state index in [0.717, 1.165) is 46.9 Å². The lowest BCUT2D eigenvalue weighted by Crippen LogP contribution is -2.46. The molecule has 0 radical (unpaired) electrons. The van der Waals surface area contributed by atoms with E-state index < -0.39 is 17.8 Å². The first-order chi connectivity index (χ1) is 12.6. The van der Waals surface area contributed by atoms with Crippen molar-refractivity contribution in [3.8, 4) is 0 Å².